The topological polar surface area (TPSA) is 88.2 Å². The van der Waals surface area contributed by atoms with Crippen LogP contribution in [0.15, 0.2) is 106 Å². The van der Waals surface area contributed by atoms with Gasteiger partial charge in [-0.1, -0.05) is 45.1 Å². The Morgan fingerprint density at radius 1 is 0.698 bits per heavy atom. The predicted octanol–water partition coefficient (Wildman–Crippen LogP) is 10.3. The third kappa shape index (κ3) is 12.0. The number of carbonyl (C=O) groups excluding carboxylic acids is 1. The molecule has 226 valence electrons. The second-order valence-corrected chi connectivity index (χ2v) is 11.4. The van der Waals surface area contributed by atoms with Gasteiger partial charge in [0.05, 0.1) is 41.8 Å². The van der Waals surface area contributed by atoms with Gasteiger partial charge < -0.3 is 14.4 Å². The van der Waals surface area contributed by atoms with E-state index in [0.717, 1.165) is 66.6 Å². The van der Waals surface area contributed by atoms with E-state index in [9.17, 15) is 4.79 Å². The van der Waals surface area contributed by atoms with Crippen LogP contribution in [0.4, 0.5) is 28.4 Å². The minimum atomic E-state index is -0.337. The standard InChI is InChI=1S/C34H41N5O3S/c1-2-34(40)42-25-10-8-6-4-3-5-7-9-24-41-33-21-17-31(18-22-33)38-36-29-13-11-28(12-14-29)35-37-30-15-19-32(20-16-30)39-23-26-43-27-39/h2,11-22H,1,3-10,23-27H2. The molecule has 4 rings (SSSR count). The average Bonchev–Trinajstić information content (AvgIpc) is 3.60. The van der Waals surface area contributed by atoms with Crippen LogP contribution in [0.3, 0.4) is 0 Å². The van der Waals surface area contributed by atoms with Crippen LogP contribution in [0, 0.1) is 0 Å². The maximum Gasteiger partial charge on any atom is 0.330 e. The van der Waals surface area contributed by atoms with Crippen molar-refractivity contribution < 1.29 is 14.3 Å². The Balaban J connectivity index is 1.07. The SMILES string of the molecule is C=CC(=O)OCCCCCCCCCCOc1ccc(N=Nc2ccc(N=Nc3ccc(N4CCSC4)cc3)cc2)cc1. The van der Waals surface area contributed by atoms with Gasteiger partial charge in [-0.3, -0.25) is 0 Å². The molecule has 43 heavy (non-hydrogen) atoms. The first-order valence-electron chi connectivity index (χ1n) is 15.1. The molecule has 3 aromatic carbocycles. The van der Waals surface area contributed by atoms with Crippen LogP contribution in [0.2, 0.25) is 0 Å². The number of esters is 1. The van der Waals surface area contributed by atoms with E-state index in [4.69, 9.17) is 9.47 Å². The van der Waals surface area contributed by atoms with E-state index in [0.29, 0.717) is 13.2 Å². The van der Waals surface area contributed by atoms with Gasteiger partial charge in [0.25, 0.3) is 0 Å². The third-order valence-electron chi connectivity index (χ3n) is 6.93. The van der Waals surface area contributed by atoms with Crippen molar-refractivity contribution >= 4 is 46.2 Å². The highest BCUT2D eigenvalue weighted by molar-refractivity contribution is 7.99. The van der Waals surface area contributed by atoms with Crippen molar-refractivity contribution in [3.8, 4) is 5.75 Å². The summed E-state index contributed by atoms with van der Waals surface area (Å²) in [6.45, 7) is 5.69. The molecule has 8 nitrogen and oxygen atoms in total. The quantitative estimate of drug-likeness (QED) is 0.0628. The van der Waals surface area contributed by atoms with Crippen molar-refractivity contribution in [1.82, 2.24) is 0 Å². The number of benzene rings is 3. The molecule has 0 spiro atoms. The number of rotatable bonds is 18. The number of hydrogen-bond acceptors (Lipinski definition) is 9. The van der Waals surface area contributed by atoms with E-state index in [1.807, 2.05) is 72.4 Å². The molecule has 0 unspecified atom stereocenters. The lowest BCUT2D eigenvalue weighted by atomic mass is 10.1. The van der Waals surface area contributed by atoms with Gasteiger partial charge in [-0.15, -0.1) is 11.8 Å². The van der Waals surface area contributed by atoms with E-state index in [2.05, 4.69) is 44.1 Å². The Labute approximate surface area is 259 Å². The van der Waals surface area contributed by atoms with Gasteiger partial charge in [0.1, 0.15) is 5.75 Å². The number of carbonyl (C=O) groups is 1. The van der Waals surface area contributed by atoms with Crippen molar-refractivity contribution in [2.45, 2.75) is 51.4 Å². The van der Waals surface area contributed by atoms with Crippen molar-refractivity contribution in [3.63, 3.8) is 0 Å². The molecule has 0 atom stereocenters. The zero-order valence-electron chi connectivity index (χ0n) is 24.8. The highest BCUT2D eigenvalue weighted by Gasteiger charge is 2.12. The number of ether oxygens (including phenoxy) is 2. The molecule has 1 aliphatic rings. The van der Waals surface area contributed by atoms with Gasteiger partial charge >= 0.3 is 5.97 Å². The largest absolute Gasteiger partial charge is 0.494 e. The van der Waals surface area contributed by atoms with Crippen LogP contribution in [0.25, 0.3) is 0 Å². The van der Waals surface area contributed by atoms with Crippen molar-refractivity contribution in [1.29, 1.82) is 0 Å². The molecular weight excluding hydrogens is 558 g/mol. The van der Waals surface area contributed by atoms with Crippen LogP contribution >= 0.6 is 11.8 Å². The fourth-order valence-corrected chi connectivity index (χ4v) is 5.44. The molecule has 0 aliphatic carbocycles. The summed E-state index contributed by atoms with van der Waals surface area (Å²) in [6, 6.07) is 23.4. The highest BCUT2D eigenvalue weighted by atomic mass is 32.2. The second kappa shape index (κ2) is 18.5. The fraction of sp³-hybridized carbons (Fsp3) is 0.382. The van der Waals surface area contributed by atoms with Gasteiger partial charge in [0.15, 0.2) is 0 Å². The molecule has 1 fully saturated rings. The van der Waals surface area contributed by atoms with Crippen molar-refractivity contribution in [2.75, 3.05) is 36.3 Å². The van der Waals surface area contributed by atoms with Gasteiger partial charge in [-0.05, 0) is 85.6 Å². The van der Waals surface area contributed by atoms with Gasteiger partial charge in [-0.2, -0.15) is 20.5 Å². The van der Waals surface area contributed by atoms with Crippen LogP contribution < -0.4 is 9.64 Å². The molecule has 0 aromatic heterocycles. The summed E-state index contributed by atoms with van der Waals surface area (Å²) in [5.74, 6) is 2.74. The summed E-state index contributed by atoms with van der Waals surface area (Å²) in [4.78, 5) is 13.3. The molecule has 0 saturated carbocycles. The van der Waals surface area contributed by atoms with Crippen molar-refractivity contribution in [2.24, 2.45) is 20.5 Å². The summed E-state index contributed by atoms with van der Waals surface area (Å²) >= 11 is 1.96. The Kier molecular flexibility index (Phi) is 13.8. The molecule has 3 aromatic rings. The fourth-order valence-electron chi connectivity index (χ4n) is 4.46. The smallest absolute Gasteiger partial charge is 0.330 e. The highest BCUT2D eigenvalue weighted by Crippen LogP contribution is 2.27. The minimum absolute atomic E-state index is 0.337. The van der Waals surface area contributed by atoms with Gasteiger partial charge in [-0.25, -0.2) is 4.79 Å². The van der Waals surface area contributed by atoms with E-state index < -0.39 is 0 Å². The summed E-state index contributed by atoms with van der Waals surface area (Å²) in [5.41, 5.74) is 4.35. The number of unbranched alkanes of at least 4 members (excludes halogenated alkanes) is 7. The van der Waals surface area contributed by atoms with Gasteiger partial charge in [0.2, 0.25) is 0 Å². The normalized spacial score (nSPS) is 13.2. The van der Waals surface area contributed by atoms with E-state index in [1.54, 1.807) is 0 Å². The van der Waals surface area contributed by atoms with Crippen molar-refractivity contribution in [3.05, 3.63) is 85.5 Å². The summed E-state index contributed by atoms with van der Waals surface area (Å²) in [7, 11) is 0. The first-order valence-corrected chi connectivity index (χ1v) is 16.2. The summed E-state index contributed by atoms with van der Waals surface area (Å²) in [6.07, 6.45) is 10.3. The minimum Gasteiger partial charge on any atom is -0.494 e. The first-order chi connectivity index (χ1) is 21.2. The lowest BCUT2D eigenvalue weighted by Crippen LogP contribution is -2.17. The van der Waals surface area contributed by atoms with E-state index >= 15 is 0 Å². The monoisotopic (exact) mass is 599 g/mol. The summed E-state index contributed by atoms with van der Waals surface area (Å²) < 4.78 is 10.9. The molecule has 0 radical (unpaired) electrons. The average molecular weight is 600 g/mol. The lowest BCUT2D eigenvalue weighted by molar-refractivity contribution is -0.137. The Hall–Kier alpha value is -3.98. The number of azo groups is 2. The Morgan fingerprint density at radius 3 is 1.65 bits per heavy atom. The number of anilines is 1. The maximum absolute atomic E-state index is 11.0. The van der Waals surface area contributed by atoms with Crippen LogP contribution in [0.1, 0.15) is 51.4 Å². The first kappa shape index (κ1) is 31.9. The zero-order valence-corrected chi connectivity index (χ0v) is 25.6. The molecule has 0 amide bonds. The lowest BCUT2D eigenvalue weighted by Gasteiger charge is -2.16. The van der Waals surface area contributed by atoms with E-state index in [1.165, 1.54) is 43.2 Å². The molecule has 0 N–H and O–H groups in total. The zero-order chi connectivity index (χ0) is 30.0. The third-order valence-corrected chi connectivity index (χ3v) is 7.90. The molecule has 9 heteroatoms. The second-order valence-electron chi connectivity index (χ2n) is 10.3. The molecular formula is C34H41N5O3S. The van der Waals surface area contributed by atoms with E-state index in [-0.39, 0.29) is 5.97 Å². The molecule has 1 saturated heterocycles. The van der Waals surface area contributed by atoms with Crippen LogP contribution in [-0.4, -0.2) is 37.4 Å². The predicted molar refractivity (Wildman–Crippen MR) is 176 cm³/mol. The molecule has 1 heterocycles. The molecule has 0 bridgehead atoms. The maximum atomic E-state index is 11.0. The van der Waals surface area contributed by atoms with Gasteiger partial charge in [0, 0.05) is 24.1 Å². The van der Waals surface area contributed by atoms with Crippen LogP contribution in [-0.2, 0) is 9.53 Å². The van der Waals surface area contributed by atoms with Crippen LogP contribution in [0.5, 0.6) is 5.75 Å². The Bertz CT molecular complexity index is 1310. The molecule has 1 aliphatic heterocycles. The number of nitrogens with zero attached hydrogens (tertiary/aromatic N) is 5. The number of hydrogen-bond donors (Lipinski definition) is 0. The Morgan fingerprint density at radius 2 is 1.16 bits per heavy atom. The summed E-state index contributed by atoms with van der Waals surface area (Å²) in [5, 5.41) is 17.4. The number of thioether (sulfide) groups is 1.